The van der Waals surface area contributed by atoms with Crippen molar-refractivity contribution in [1.29, 1.82) is 0 Å². The van der Waals surface area contributed by atoms with Gasteiger partial charge in [0.2, 0.25) is 6.79 Å². The Bertz CT molecular complexity index is 1040. The molecule has 1 spiro atoms. The molecule has 3 aliphatic heterocycles. The minimum absolute atomic E-state index is 0.0693. The first kappa shape index (κ1) is 20.8. The molecule has 3 atom stereocenters. The normalized spacial score (nSPS) is 30.2. The first-order chi connectivity index (χ1) is 15.3. The van der Waals surface area contributed by atoms with Crippen molar-refractivity contribution in [2.75, 3.05) is 19.9 Å². The Morgan fingerprint density at radius 2 is 1.94 bits per heavy atom. The Morgan fingerprint density at radius 3 is 2.66 bits per heavy atom. The molecule has 1 saturated heterocycles. The summed E-state index contributed by atoms with van der Waals surface area (Å²) in [5.41, 5.74) is -1.19. The van der Waals surface area contributed by atoms with Crippen molar-refractivity contribution in [3.05, 3.63) is 23.3 Å². The lowest BCUT2D eigenvalue weighted by atomic mass is 9.56. The lowest BCUT2D eigenvalue weighted by Crippen LogP contribution is -2.61. The number of nitrogens with zero attached hydrogens (tertiary/aromatic N) is 1. The van der Waals surface area contributed by atoms with Crippen molar-refractivity contribution in [3.8, 4) is 11.5 Å². The third kappa shape index (κ3) is 2.56. The second-order valence-electron chi connectivity index (χ2n) is 8.71. The summed E-state index contributed by atoms with van der Waals surface area (Å²) >= 11 is 0. The minimum Gasteiger partial charge on any atom is -0.465 e. The largest absolute Gasteiger partial charge is 0.465 e. The number of ketones is 1. The van der Waals surface area contributed by atoms with E-state index in [4.69, 9.17) is 18.9 Å². The molecule has 1 aromatic carbocycles. The smallest absolute Gasteiger partial charge is 0.319 e. The molecule has 4 aliphatic rings. The molecular weight excluding hydrogens is 418 g/mol. The molecule has 9 nitrogen and oxygen atoms in total. The van der Waals surface area contributed by atoms with Crippen LogP contribution in [0, 0.1) is 5.41 Å². The van der Waals surface area contributed by atoms with E-state index < -0.39 is 34.9 Å². The maximum Gasteiger partial charge on any atom is 0.319 e. The van der Waals surface area contributed by atoms with Crippen LogP contribution >= 0.6 is 0 Å². The highest BCUT2D eigenvalue weighted by molar-refractivity contribution is 6.02. The fourth-order valence-corrected chi connectivity index (χ4v) is 6.06. The summed E-state index contributed by atoms with van der Waals surface area (Å²) in [4.78, 5) is 53.9. The van der Waals surface area contributed by atoms with Crippen LogP contribution in [0.2, 0.25) is 0 Å². The second-order valence-corrected chi connectivity index (χ2v) is 8.71. The number of hydrogen-bond donors (Lipinski definition) is 0. The quantitative estimate of drug-likeness (QED) is 0.649. The Hall–Kier alpha value is -3.10. The zero-order chi connectivity index (χ0) is 22.7. The van der Waals surface area contributed by atoms with Crippen LogP contribution in [0.5, 0.6) is 11.5 Å². The Morgan fingerprint density at radius 1 is 1.19 bits per heavy atom. The van der Waals surface area contributed by atoms with Crippen LogP contribution in [-0.2, 0) is 40.6 Å². The molecule has 1 aromatic rings. The van der Waals surface area contributed by atoms with E-state index in [1.165, 1.54) is 6.92 Å². The standard InChI is InChI=1S/C23H25NO8/c1-3-29-21(28)22-11-15(26)6-7-23(22)16-10-18-17(30-12-31-18)9-14(16)5-4-8-24(23)20(27)19(22)32-13(2)25/h9-10,19H,3-8,11-12H2,1-2H3/t19-,22-,23+/m0/s1. The van der Waals surface area contributed by atoms with Crippen LogP contribution in [0.25, 0.3) is 0 Å². The number of Topliss-reactive ketones (excluding diaryl/α,β-unsaturated/α-hetero) is 1. The Kier molecular flexibility index (Phi) is 4.69. The molecule has 2 fully saturated rings. The van der Waals surface area contributed by atoms with Crippen LogP contribution < -0.4 is 9.47 Å². The molecule has 0 radical (unpaired) electrons. The van der Waals surface area contributed by atoms with Gasteiger partial charge in [-0.2, -0.15) is 0 Å². The molecule has 0 unspecified atom stereocenters. The minimum atomic E-state index is -1.67. The first-order valence-corrected chi connectivity index (χ1v) is 11.0. The van der Waals surface area contributed by atoms with Gasteiger partial charge >= 0.3 is 11.9 Å². The van der Waals surface area contributed by atoms with Gasteiger partial charge in [0.05, 0.1) is 12.1 Å². The van der Waals surface area contributed by atoms with E-state index in [-0.39, 0.29) is 38.4 Å². The van der Waals surface area contributed by atoms with Crippen molar-refractivity contribution < 1.29 is 38.1 Å². The number of rotatable bonds is 3. The average molecular weight is 443 g/mol. The zero-order valence-corrected chi connectivity index (χ0v) is 18.1. The molecular formula is C23H25NO8. The number of hydrogen-bond acceptors (Lipinski definition) is 8. The van der Waals surface area contributed by atoms with Crippen LogP contribution in [0.4, 0.5) is 0 Å². The number of amides is 1. The van der Waals surface area contributed by atoms with Crippen LogP contribution in [-0.4, -0.2) is 54.6 Å². The van der Waals surface area contributed by atoms with Gasteiger partial charge in [-0.1, -0.05) is 0 Å². The topological polar surface area (TPSA) is 108 Å². The highest BCUT2D eigenvalue weighted by atomic mass is 16.7. The predicted octanol–water partition coefficient (Wildman–Crippen LogP) is 1.63. The molecule has 1 aliphatic carbocycles. The summed E-state index contributed by atoms with van der Waals surface area (Å²) in [6.07, 6.45) is 0.0916. The lowest BCUT2D eigenvalue weighted by Gasteiger charge is -2.50. The molecule has 0 aromatic heterocycles. The highest BCUT2D eigenvalue weighted by Gasteiger charge is 2.77. The summed E-state index contributed by atoms with van der Waals surface area (Å²) in [6, 6.07) is 3.72. The fourth-order valence-electron chi connectivity index (χ4n) is 6.06. The number of benzene rings is 1. The molecule has 1 saturated carbocycles. The molecule has 32 heavy (non-hydrogen) atoms. The highest BCUT2D eigenvalue weighted by Crippen LogP contribution is 2.63. The molecule has 5 rings (SSSR count). The van der Waals surface area contributed by atoms with Crippen molar-refractivity contribution in [2.45, 2.75) is 57.6 Å². The number of ether oxygens (including phenoxy) is 4. The first-order valence-electron chi connectivity index (χ1n) is 11.0. The van der Waals surface area contributed by atoms with Gasteiger partial charge in [0.15, 0.2) is 17.6 Å². The van der Waals surface area contributed by atoms with E-state index in [1.807, 2.05) is 12.1 Å². The second kappa shape index (κ2) is 7.21. The van der Waals surface area contributed by atoms with Gasteiger partial charge in [0.25, 0.3) is 5.91 Å². The Balaban J connectivity index is 1.82. The summed E-state index contributed by atoms with van der Waals surface area (Å²) in [6.45, 7) is 3.39. The maximum absolute atomic E-state index is 13.7. The zero-order valence-electron chi connectivity index (χ0n) is 18.1. The number of esters is 2. The molecule has 0 N–H and O–H groups in total. The molecule has 170 valence electrons. The van der Waals surface area contributed by atoms with E-state index >= 15 is 0 Å². The summed E-state index contributed by atoms with van der Waals surface area (Å²) in [5.74, 6) is -0.874. The fraction of sp³-hybridized carbons (Fsp3) is 0.565. The van der Waals surface area contributed by atoms with Gasteiger partial charge in [0, 0.05) is 26.3 Å². The number of carbonyl (C=O) groups excluding carboxylic acids is 4. The summed E-state index contributed by atoms with van der Waals surface area (Å²) in [7, 11) is 0. The van der Waals surface area contributed by atoms with Crippen LogP contribution in [0.3, 0.4) is 0 Å². The van der Waals surface area contributed by atoms with Gasteiger partial charge in [-0.15, -0.1) is 0 Å². The maximum atomic E-state index is 13.7. The van der Waals surface area contributed by atoms with E-state index in [1.54, 1.807) is 11.8 Å². The van der Waals surface area contributed by atoms with Crippen molar-refractivity contribution in [1.82, 2.24) is 4.90 Å². The molecule has 1 amide bonds. The third-order valence-electron chi connectivity index (χ3n) is 7.17. The number of aryl methyl sites for hydroxylation is 1. The van der Waals surface area contributed by atoms with Gasteiger partial charge < -0.3 is 23.8 Å². The Labute approximate surface area is 184 Å². The van der Waals surface area contributed by atoms with Gasteiger partial charge in [-0.05, 0) is 49.4 Å². The van der Waals surface area contributed by atoms with Gasteiger partial charge in [-0.25, -0.2) is 0 Å². The third-order valence-corrected chi connectivity index (χ3v) is 7.17. The van der Waals surface area contributed by atoms with Crippen molar-refractivity contribution in [2.24, 2.45) is 5.41 Å². The molecule has 0 bridgehead atoms. The lowest BCUT2D eigenvalue weighted by molar-refractivity contribution is -0.182. The van der Waals surface area contributed by atoms with Crippen molar-refractivity contribution in [3.63, 3.8) is 0 Å². The number of carbonyl (C=O) groups is 4. The van der Waals surface area contributed by atoms with Crippen molar-refractivity contribution >= 4 is 23.6 Å². The number of fused-ring (bicyclic) bond motifs is 2. The van der Waals surface area contributed by atoms with E-state index in [9.17, 15) is 19.2 Å². The van der Waals surface area contributed by atoms with Gasteiger partial charge in [0.1, 0.15) is 11.2 Å². The van der Waals surface area contributed by atoms with E-state index in [2.05, 4.69) is 0 Å². The van der Waals surface area contributed by atoms with Crippen LogP contribution in [0.1, 0.15) is 50.7 Å². The summed E-state index contributed by atoms with van der Waals surface area (Å²) < 4.78 is 22.1. The summed E-state index contributed by atoms with van der Waals surface area (Å²) in [5, 5.41) is 0. The van der Waals surface area contributed by atoms with Gasteiger partial charge in [-0.3, -0.25) is 19.2 Å². The molecule has 3 heterocycles. The average Bonchev–Trinajstić information content (AvgIpc) is 3.23. The molecule has 9 heteroatoms. The van der Waals surface area contributed by atoms with Crippen LogP contribution in [0.15, 0.2) is 12.1 Å². The van der Waals surface area contributed by atoms with E-state index in [0.717, 1.165) is 11.1 Å². The predicted molar refractivity (Wildman–Crippen MR) is 108 cm³/mol. The monoisotopic (exact) mass is 443 g/mol. The SMILES string of the molecule is CCOC(=O)[C@@]12CC(=O)CC[C@@]13c1cc4c(cc1CCCN3C(=O)[C@@H]2OC(C)=O)OCO4. The van der Waals surface area contributed by atoms with E-state index in [0.29, 0.717) is 30.9 Å².